The summed E-state index contributed by atoms with van der Waals surface area (Å²) in [6.07, 6.45) is -0.0322. The first-order chi connectivity index (χ1) is 6.59. The summed E-state index contributed by atoms with van der Waals surface area (Å²) in [5.41, 5.74) is 3.38. The summed E-state index contributed by atoms with van der Waals surface area (Å²) in [6, 6.07) is 3.68. The minimum Gasteiger partial charge on any atom is -0.325 e. The lowest BCUT2D eigenvalue weighted by atomic mass is 9.96. The molecule has 0 fully saturated rings. The fourth-order valence-corrected chi connectivity index (χ4v) is 1.63. The standard InChI is InChI=1S/C11H11NO2/c1-6-3-4-8-9(13)5-10(14)12-11(8)7(6)2/h3-4H,5H2,1-2H3,(H,12,14). The minimum absolute atomic E-state index is 0.0322. The number of rotatable bonds is 0. The van der Waals surface area contributed by atoms with Gasteiger partial charge in [0.15, 0.2) is 5.78 Å². The molecule has 1 heterocycles. The highest BCUT2D eigenvalue weighted by atomic mass is 16.2. The van der Waals surface area contributed by atoms with E-state index in [0.29, 0.717) is 11.3 Å². The van der Waals surface area contributed by atoms with Crippen LogP contribution in [0.2, 0.25) is 0 Å². The van der Waals surface area contributed by atoms with E-state index >= 15 is 0 Å². The van der Waals surface area contributed by atoms with Crippen LogP contribution >= 0.6 is 0 Å². The van der Waals surface area contributed by atoms with Crippen molar-refractivity contribution in [3.05, 3.63) is 28.8 Å². The molecule has 1 N–H and O–H groups in total. The van der Waals surface area contributed by atoms with Crippen LogP contribution in [0.25, 0.3) is 0 Å². The first-order valence-electron chi connectivity index (χ1n) is 4.53. The SMILES string of the molecule is Cc1ccc2c(c1C)NC(=O)CC2=O. The Morgan fingerprint density at radius 1 is 1.21 bits per heavy atom. The zero-order valence-corrected chi connectivity index (χ0v) is 8.18. The van der Waals surface area contributed by atoms with Gasteiger partial charge >= 0.3 is 0 Å². The minimum atomic E-state index is -0.212. The normalized spacial score (nSPS) is 15.0. The number of Topliss-reactive ketones (excluding diaryl/α,β-unsaturated/α-hetero) is 1. The van der Waals surface area contributed by atoms with Crippen LogP contribution in [0.1, 0.15) is 27.9 Å². The zero-order valence-electron chi connectivity index (χ0n) is 8.18. The van der Waals surface area contributed by atoms with Crippen LogP contribution in [0.5, 0.6) is 0 Å². The number of nitrogens with one attached hydrogen (secondary N) is 1. The predicted octanol–water partition coefficient (Wildman–Crippen LogP) is 1.83. The lowest BCUT2D eigenvalue weighted by molar-refractivity contribution is -0.115. The average Bonchev–Trinajstić information content (AvgIpc) is 2.12. The van der Waals surface area contributed by atoms with Crippen LogP contribution < -0.4 is 5.32 Å². The summed E-state index contributed by atoms with van der Waals surface area (Å²) in [5, 5.41) is 2.74. The van der Waals surface area contributed by atoms with Crippen molar-refractivity contribution >= 4 is 17.4 Å². The molecule has 1 aliphatic rings. The molecule has 1 aromatic rings. The van der Waals surface area contributed by atoms with E-state index in [1.54, 1.807) is 6.07 Å². The van der Waals surface area contributed by atoms with Gasteiger partial charge in [0.2, 0.25) is 5.91 Å². The van der Waals surface area contributed by atoms with Gasteiger partial charge in [0.05, 0.1) is 12.1 Å². The fraction of sp³-hybridized carbons (Fsp3) is 0.273. The van der Waals surface area contributed by atoms with Gasteiger partial charge in [0.1, 0.15) is 0 Å². The van der Waals surface area contributed by atoms with E-state index in [9.17, 15) is 9.59 Å². The molecular weight excluding hydrogens is 178 g/mol. The third-order valence-corrected chi connectivity index (χ3v) is 2.62. The molecule has 0 saturated carbocycles. The topological polar surface area (TPSA) is 46.2 Å². The highest BCUT2D eigenvalue weighted by Gasteiger charge is 2.23. The summed E-state index contributed by atoms with van der Waals surface area (Å²) in [6.45, 7) is 3.87. The third kappa shape index (κ3) is 1.21. The van der Waals surface area contributed by atoms with Crippen molar-refractivity contribution in [1.29, 1.82) is 0 Å². The summed E-state index contributed by atoms with van der Waals surface area (Å²) in [4.78, 5) is 22.7. The van der Waals surface area contributed by atoms with E-state index in [0.717, 1.165) is 11.1 Å². The third-order valence-electron chi connectivity index (χ3n) is 2.62. The van der Waals surface area contributed by atoms with Gasteiger partial charge in [-0.25, -0.2) is 0 Å². The number of aryl methyl sites for hydroxylation is 1. The van der Waals surface area contributed by atoms with Crippen LogP contribution in [-0.4, -0.2) is 11.7 Å². The Hall–Kier alpha value is -1.64. The predicted molar refractivity (Wildman–Crippen MR) is 53.5 cm³/mol. The first kappa shape index (κ1) is 8.94. The monoisotopic (exact) mass is 189 g/mol. The Bertz CT molecular complexity index is 435. The van der Waals surface area contributed by atoms with Gasteiger partial charge in [-0.3, -0.25) is 9.59 Å². The van der Waals surface area contributed by atoms with Gasteiger partial charge in [-0.1, -0.05) is 6.07 Å². The molecule has 3 heteroatoms. The maximum absolute atomic E-state index is 11.5. The summed E-state index contributed by atoms with van der Waals surface area (Å²) < 4.78 is 0. The number of fused-ring (bicyclic) bond motifs is 1. The van der Waals surface area contributed by atoms with Gasteiger partial charge in [-0.2, -0.15) is 0 Å². The van der Waals surface area contributed by atoms with Crippen molar-refractivity contribution in [2.45, 2.75) is 20.3 Å². The Labute approximate surface area is 82.1 Å². The van der Waals surface area contributed by atoms with Crippen LogP contribution in [0, 0.1) is 13.8 Å². The van der Waals surface area contributed by atoms with Crippen molar-refractivity contribution in [2.75, 3.05) is 5.32 Å². The van der Waals surface area contributed by atoms with E-state index in [-0.39, 0.29) is 18.1 Å². The van der Waals surface area contributed by atoms with Crippen LogP contribution in [0.15, 0.2) is 12.1 Å². The average molecular weight is 189 g/mol. The van der Waals surface area contributed by atoms with E-state index in [2.05, 4.69) is 5.32 Å². The second-order valence-corrected chi connectivity index (χ2v) is 3.58. The molecule has 0 bridgehead atoms. The first-order valence-corrected chi connectivity index (χ1v) is 4.53. The molecule has 0 aliphatic carbocycles. The summed E-state index contributed by atoms with van der Waals surface area (Å²) in [7, 11) is 0. The molecule has 0 saturated heterocycles. The maximum Gasteiger partial charge on any atom is 0.232 e. The van der Waals surface area contributed by atoms with E-state index < -0.39 is 0 Å². The van der Waals surface area contributed by atoms with Crippen LogP contribution in [-0.2, 0) is 4.79 Å². The van der Waals surface area contributed by atoms with Gasteiger partial charge in [0, 0.05) is 5.56 Å². The Balaban J connectivity index is 2.65. The van der Waals surface area contributed by atoms with Crippen molar-refractivity contribution in [2.24, 2.45) is 0 Å². The van der Waals surface area contributed by atoms with Crippen molar-refractivity contribution in [3.63, 3.8) is 0 Å². The van der Waals surface area contributed by atoms with Crippen molar-refractivity contribution in [1.82, 2.24) is 0 Å². The molecule has 1 aliphatic heterocycles. The molecule has 72 valence electrons. The largest absolute Gasteiger partial charge is 0.325 e. The molecule has 1 aromatic carbocycles. The summed E-state index contributed by atoms with van der Waals surface area (Å²) >= 11 is 0. The lowest BCUT2D eigenvalue weighted by Crippen LogP contribution is -2.25. The lowest BCUT2D eigenvalue weighted by Gasteiger charge is -2.18. The zero-order chi connectivity index (χ0) is 10.3. The van der Waals surface area contributed by atoms with Crippen molar-refractivity contribution in [3.8, 4) is 0 Å². The number of anilines is 1. The quantitative estimate of drug-likeness (QED) is 0.633. The molecule has 14 heavy (non-hydrogen) atoms. The molecule has 1 amide bonds. The maximum atomic E-state index is 11.5. The van der Waals surface area contributed by atoms with E-state index in [4.69, 9.17) is 0 Å². The molecular formula is C11H11NO2. The number of carbonyl (C=O) groups is 2. The Morgan fingerprint density at radius 2 is 1.93 bits per heavy atom. The second kappa shape index (κ2) is 2.94. The molecule has 2 rings (SSSR count). The van der Waals surface area contributed by atoms with Gasteiger partial charge < -0.3 is 5.32 Å². The van der Waals surface area contributed by atoms with Crippen molar-refractivity contribution < 1.29 is 9.59 Å². The van der Waals surface area contributed by atoms with E-state index in [1.165, 1.54) is 0 Å². The fourth-order valence-electron chi connectivity index (χ4n) is 1.63. The number of amides is 1. The molecule has 0 aromatic heterocycles. The number of carbonyl (C=O) groups excluding carboxylic acids is 2. The Morgan fingerprint density at radius 3 is 2.64 bits per heavy atom. The van der Waals surface area contributed by atoms with Crippen LogP contribution in [0.4, 0.5) is 5.69 Å². The number of hydrogen-bond acceptors (Lipinski definition) is 2. The number of benzene rings is 1. The van der Waals surface area contributed by atoms with Crippen LogP contribution in [0.3, 0.4) is 0 Å². The smallest absolute Gasteiger partial charge is 0.232 e. The summed E-state index contributed by atoms with van der Waals surface area (Å²) in [5.74, 6) is -0.303. The highest BCUT2D eigenvalue weighted by Crippen LogP contribution is 2.28. The molecule has 0 spiro atoms. The van der Waals surface area contributed by atoms with Gasteiger partial charge in [-0.05, 0) is 31.0 Å². The molecule has 0 radical (unpaired) electrons. The molecule has 0 atom stereocenters. The Kier molecular flexibility index (Phi) is 1.88. The number of hydrogen-bond donors (Lipinski definition) is 1. The van der Waals surface area contributed by atoms with E-state index in [1.807, 2.05) is 19.9 Å². The molecule has 3 nitrogen and oxygen atoms in total. The van der Waals surface area contributed by atoms with Gasteiger partial charge in [-0.15, -0.1) is 0 Å². The van der Waals surface area contributed by atoms with Gasteiger partial charge in [0.25, 0.3) is 0 Å². The second-order valence-electron chi connectivity index (χ2n) is 3.58. The number of ketones is 1. The molecule has 0 unspecified atom stereocenters. The highest BCUT2D eigenvalue weighted by molar-refractivity contribution is 6.19.